The maximum Gasteiger partial charge on any atom is 0.416 e. The van der Waals surface area contributed by atoms with Crippen molar-refractivity contribution in [2.75, 3.05) is 26.2 Å². The minimum atomic E-state index is -4.31. The Balaban J connectivity index is 1.84. The molecular formula is C19H19F3N2. The topological polar surface area (TPSA) is 15.3 Å². The first kappa shape index (κ1) is 15.7. The van der Waals surface area contributed by atoms with Gasteiger partial charge in [0.15, 0.2) is 0 Å². The van der Waals surface area contributed by atoms with E-state index in [-0.39, 0.29) is 12.0 Å². The molecule has 2 aliphatic heterocycles. The van der Waals surface area contributed by atoms with Gasteiger partial charge in [-0.1, -0.05) is 36.4 Å². The molecule has 0 aliphatic carbocycles. The Labute approximate surface area is 139 Å². The van der Waals surface area contributed by atoms with Gasteiger partial charge in [0, 0.05) is 38.1 Å². The van der Waals surface area contributed by atoms with E-state index >= 15 is 0 Å². The van der Waals surface area contributed by atoms with Crippen molar-refractivity contribution in [3.8, 4) is 0 Å². The molecule has 2 nitrogen and oxygen atoms in total. The van der Waals surface area contributed by atoms with Gasteiger partial charge in [0.1, 0.15) is 0 Å². The summed E-state index contributed by atoms with van der Waals surface area (Å²) >= 11 is 0. The van der Waals surface area contributed by atoms with Crippen LogP contribution >= 0.6 is 0 Å². The lowest BCUT2D eigenvalue weighted by Gasteiger charge is -2.44. The van der Waals surface area contributed by atoms with Crippen molar-refractivity contribution in [3.63, 3.8) is 0 Å². The molecule has 1 N–H and O–H groups in total. The summed E-state index contributed by atoms with van der Waals surface area (Å²) in [6.07, 6.45) is -4.31. The van der Waals surface area contributed by atoms with Gasteiger partial charge in [0.2, 0.25) is 0 Å². The standard InChI is InChI=1S/C19H19F3N2/c20-19(21,22)14-6-7-15-16(10-14)17(13-4-2-1-3-5-13)12-24-9-8-23-11-18(15)24/h1-7,10,17-18,23H,8-9,11-12H2. The molecule has 5 heteroatoms. The normalized spacial score (nSPS) is 24.3. The Bertz CT molecular complexity index is 727. The van der Waals surface area contributed by atoms with Crippen LogP contribution in [0.15, 0.2) is 48.5 Å². The summed E-state index contributed by atoms with van der Waals surface area (Å²) in [5, 5.41) is 3.36. The molecule has 0 saturated carbocycles. The number of fused-ring (bicyclic) bond motifs is 3. The molecule has 1 fully saturated rings. The van der Waals surface area contributed by atoms with Crippen LogP contribution in [0.25, 0.3) is 0 Å². The zero-order valence-corrected chi connectivity index (χ0v) is 13.2. The van der Waals surface area contributed by atoms with Gasteiger partial charge in [-0.3, -0.25) is 4.90 Å². The lowest BCUT2D eigenvalue weighted by molar-refractivity contribution is -0.137. The minimum Gasteiger partial charge on any atom is -0.314 e. The molecule has 24 heavy (non-hydrogen) atoms. The predicted octanol–water partition coefficient (Wildman–Crippen LogP) is 3.80. The van der Waals surface area contributed by atoms with E-state index in [1.54, 1.807) is 6.07 Å². The Hall–Kier alpha value is -1.85. The summed E-state index contributed by atoms with van der Waals surface area (Å²) in [6.45, 7) is 3.41. The van der Waals surface area contributed by atoms with Crippen LogP contribution < -0.4 is 5.32 Å². The molecule has 1 saturated heterocycles. The highest BCUT2D eigenvalue weighted by atomic mass is 19.4. The smallest absolute Gasteiger partial charge is 0.314 e. The number of nitrogens with one attached hydrogen (secondary N) is 1. The number of nitrogens with zero attached hydrogens (tertiary/aromatic N) is 1. The molecule has 2 atom stereocenters. The highest BCUT2D eigenvalue weighted by Crippen LogP contribution is 2.42. The van der Waals surface area contributed by atoms with Gasteiger partial charge in [-0.05, 0) is 28.8 Å². The van der Waals surface area contributed by atoms with Crippen LogP contribution in [0, 0.1) is 0 Å². The Morgan fingerprint density at radius 1 is 1.00 bits per heavy atom. The molecule has 126 valence electrons. The second-order valence-electron chi connectivity index (χ2n) is 6.52. The fourth-order valence-corrected chi connectivity index (χ4v) is 3.93. The summed E-state index contributed by atoms with van der Waals surface area (Å²) in [6, 6.07) is 14.3. The average Bonchev–Trinajstić information content (AvgIpc) is 2.60. The molecule has 2 heterocycles. The number of alkyl halides is 3. The van der Waals surface area contributed by atoms with Crippen LogP contribution in [0.4, 0.5) is 13.2 Å². The first-order valence-corrected chi connectivity index (χ1v) is 8.25. The molecular weight excluding hydrogens is 313 g/mol. The van der Waals surface area contributed by atoms with Gasteiger partial charge in [-0.2, -0.15) is 13.2 Å². The first-order valence-electron chi connectivity index (χ1n) is 8.25. The van der Waals surface area contributed by atoms with Crippen LogP contribution in [-0.4, -0.2) is 31.1 Å². The summed E-state index contributed by atoms with van der Waals surface area (Å²) in [5.41, 5.74) is 2.37. The molecule has 0 spiro atoms. The lowest BCUT2D eigenvalue weighted by Crippen LogP contribution is -2.50. The summed E-state index contributed by atoms with van der Waals surface area (Å²) in [5.74, 6) is -0.0159. The van der Waals surface area contributed by atoms with Crippen molar-refractivity contribution in [1.29, 1.82) is 0 Å². The van der Waals surface area contributed by atoms with Crippen LogP contribution in [0.5, 0.6) is 0 Å². The zero-order valence-electron chi connectivity index (χ0n) is 13.2. The lowest BCUT2D eigenvalue weighted by atomic mass is 9.80. The number of hydrogen-bond donors (Lipinski definition) is 1. The molecule has 2 aliphatic rings. The monoisotopic (exact) mass is 332 g/mol. The number of piperazine rings is 1. The number of benzene rings is 2. The average molecular weight is 332 g/mol. The summed E-state index contributed by atoms with van der Waals surface area (Å²) in [4.78, 5) is 2.39. The SMILES string of the molecule is FC(F)(F)c1ccc2c(c1)C(c1ccccc1)CN1CCNCC21. The zero-order chi connectivity index (χ0) is 16.7. The molecule has 0 amide bonds. The molecule has 4 rings (SSSR count). The van der Waals surface area contributed by atoms with Crippen molar-refractivity contribution in [1.82, 2.24) is 10.2 Å². The van der Waals surface area contributed by atoms with Gasteiger partial charge >= 0.3 is 6.18 Å². The number of halogens is 3. The second-order valence-corrected chi connectivity index (χ2v) is 6.52. The fourth-order valence-electron chi connectivity index (χ4n) is 3.93. The van der Waals surface area contributed by atoms with Crippen molar-refractivity contribution in [2.45, 2.75) is 18.1 Å². The maximum absolute atomic E-state index is 13.2. The quantitative estimate of drug-likeness (QED) is 0.855. The first-order chi connectivity index (χ1) is 11.5. The highest BCUT2D eigenvalue weighted by molar-refractivity contribution is 5.45. The number of rotatable bonds is 1. The summed E-state index contributed by atoms with van der Waals surface area (Å²) < 4.78 is 39.6. The summed E-state index contributed by atoms with van der Waals surface area (Å²) in [7, 11) is 0. The van der Waals surface area contributed by atoms with Crippen molar-refractivity contribution < 1.29 is 13.2 Å². The van der Waals surface area contributed by atoms with Gasteiger partial charge in [0.25, 0.3) is 0 Å². The molecule has 2 aromatic carbocycles. The van der Waals surface area contributed by atoms with Crippen molar-refractivity contribution in [3.05, 3.63) is 70.8 Å². The van der Waals surface area contributed by atoms with E-state index in [0.717, 1.165) is 42.9 Å². The third kappa shape index (κ3) is 2.72. The minimum absolute atomic E-state index is 0.0159. The molecule has 0 aromatic heterocycles. The van der Waals surface area contributed by atoms with Crippen molar-refractivity contribution in [2.24, 2.45) is 0 Å². The largest absolute Gasteiger partial charge is 0.416 e. The second kappa shape index (κ2) is 5.90. The van der Waals surface area contributed by atoms with Crippen LogP contribution in [-0.2, 0) is 6.18 Å². The van der Waals surface area contributed by atoms with Crippen LogP contribution in [0.1, 0.15) is 34.2 Å². The van der Waals surface area contributed by atoms with Gasteiger partial charge in [0.05, 0.1) is 5.56 Å². The van der Waals surface area contributed by atoms with Gasteiger partial charge in [-0.15, -0.1) is 0 Å². The van der Waals surface area contributed by atoms with E-state index in [1.807, 2.05) is 30.3 Å². The molecule has 2 unspecified atom stereocenters. The van der Waals surface area contributed by atoms with Crippen LogP contribution in [0.3, 0.4) is 0 Å². The Morgan fingerprint density at radius 3 is 2.54 bits per heavy atom. The van der Waals surface area contributed by atoms with E-state index in [4.69, 9.17) is 0 Å². The van der Waals surface area contributed by atoms with Gasteiger partial charge < -0.3 is 5.32 Å². The fraction of sp³-hybridized carbons (Fsp3) is 0.368. The van der Waals surface area contributed by atoms with Gasteiger partial charge in [-0.25, -0.2) is 0 Å². The van der Waals surface area contributed by atoms with E-state index in [9.17, 15) is 13.2 Å². The maximum atomic E-state index is 13.2. The Morgan fingerprint density at radius 2 is 1.79 bits per heavy atom. The molecule has 0 radical (unpaired) electrons. The molecule has 2 aromatic rings. The number of hydrogen-bond acceptors (Lipinski definition) is 2. The Kier molecular flexibility index (Phi) is 3.85. The predicted molar refractivity (Wildman–Crippen MR) is 86.9 cm³/mol. The van der Waals surface area contributed by atoms with E-state index in [1.165, 1.54) is 12.1 Å². The van der Waals surface area contributed by atoms with E-state index < -0.39 is 11.7 Å². The third-order valence-corrected chi connectivity index (χ3v) is 5.12. The van der Waals surface area contributed by atoms with Crippen LogP contribution in [0.2, 0.25) is 0 Å². The highest BCUT2D eigenvalue weighted by Gasteiger charge is 2.38. The third-order valence-electron chi connectivity index (χ3n) is 5.12. The van der Waals surface area contributed by atoms with E-state index in [2.05, 4.69) is 10.2 Å². The molecule has 0 bridgehead atoms. The van der Waals surface area contributed by atoms with E-state index in [0.29, 0.717) is 0 Å². The van der Waals surface area contributed by atoms with Crippen molar-refractivity contribution >= 4 is 0 Å².